The Kier molecular flexibility index (Phi) is 3.93. The van der Waals surface area contributed by atoms with E-state index in [1.54, 1.807) is 36.9 Å². The first-order chi connectivity index (χ1) is 10.9. The number of hydrogen-bond acceptors (Lipinski definition) is 4. The number of nitrogens with two attached hydrogens (primary N) is 1. The molecular formula is C17H21N3O3. The third kappa shape index (κ3) is 2.63. The van der Waals surface area contributed by atoms with E-state index < -0.39 is 0 Å². The van der Waals surface area contributed by atoms with Crippen LogP contribution in [0.5, 0.6) is 0 Å². The molecule has 2 aliphatic heterocycles. The fourth-order valence-electron chi connectivity index (χ4n) is 3.15. The van der Waals surface area contributed by atoms with E-state index in [1.165, 1.54) is 4.90 Å². The molecule has 6 heteroatoms. The van der Waals surface area contributed by atoms with Crippen LogP contribution >= 0.6 is 0 Å². The van der Waals surface area contributed by atoms with Crippen LogP contribution in [-0.2, 0) is 0 Å². The summed E-state index contributed by atoms with van der Waals surface area (Å²) in [7, 11) is 0. The van der Waals surface area contributed by atoms with Crippen LogP contribution in [0.1, 0.15) is 57.8 Å². The van der Waals surface area contributed by atoms with Gasteiger partial charge < -0.3 is 10.6 Å². The van der Waals surface area contributed by atoms with Crippen molar-refractivity contribution >= 4 is 17.7 Å². The predicted molar refractivity (Wildman–Crippen MR) is 85.2 cm³/mol. The van der Waals surface area contributed by atoms with E-state index in [4.69, 9.17) is 5.73 Å². The third-order valence-corrected chi connectivity index (χ3v) is 4.51. The van der Waals surface area contributed by atoms with Gasteiger partial charge in [0.1, 0.15) is 0 Å². The Morgan fingerprint density at radius 3 is 2.35 bits per heavy atom. The van der Waals surface area contributed by atoms with E-state index in [2.05, 4.69) is 0 Å². The van der Waals surface area contributed by atoms with Gasteiger partial charge in [0.2, 0.25) is 0 Å². The highest BCUT2D eigenvalue weighted by Gasteiger charge is 2.37. The molecule has 1 aromatic carbocycles. The summed E-state index contributed by atoms with van der Waals surface area (Å²) in [5.74, 6) is -0.721. The molecule has 0 unspecified atom stereocenters. The average Bonchev–Trinajstić information content (AvgIpc) is 2.78. The maximum absolute atomic E-state index is 12.6. The van der Waals surface area contributed by atoms with Gasteiger partial charge in [-0.2, -0.15) is 0 Å². The summed E-state index contributed by atoms with van der Waals surface area (Å²) in [6.45, 7) is 4.85. The minimum absolute atomic E-state index is 0.108. The molecule has 3 rings (SSSR count). The predicted octanol–water partition coefficient (Wildman–Crippen LogP) is 1.25. The number of amides is 3. The minimum Gasteiger partial charge on any atom is -0.339 e. The van der Waals surface area contributed by atoms with E-state index in [0.29, 0.717) is 29.8 Å². The summed E-state index contributed by atoms with van der Waals surface area (Å²) in [5, 5.41) is 0. The van der Waals surface area contributed by atoms with Crippen LogP contribution in [0.15, 0.2) is 18.2 Å². The Hall–Kier alpha value is -2.21. The van der Waals surface area contributed by atoms with Gasteiger partial charge in [0.25, 0.3) is 17.7 Å². The zero-order chi connectivity index (χ0) is 16.7. The molecule has 122 valence electrons. The van der Waals surface area contributed by atoms with E-state index in [9.17, 15) is 14.4 Å². The molecule has 2 aliphatic rings. The Balaban J connectivity index is 1.87. The molecule has 0 spiro atoms. The summed E-state index contributed by atoms with van der Waals surface area (Å²) in [6.07, 6.45) is 1.57. The first-order valence-corrected chi connectivity index (χ1v) is 7.97. The lowest BCUT2D eigenvalue weighted by Gasteiger charge is -2.30. The number of hydrogen-bond donors (Lipinski definition) is 1. The molecule has 23 heavy (non-hydrogen) atoms. The van der Waals surface area contributed by atoms with Crippen molar-refractivity contribution in [3.63, 3.8) is 0 Å². The minimum atomic E-state index is -0.324. The summed E-state index contributed by atoms with van der Waals surface area (Å²) in [5.41, 5.74) is 7.01. The zero-order valence-corrected chi connectivity index (χ0v) is 13.4. The lowest BCUT2D eigenvalue weighted by molar-refractivity contribution is 0.0608. The van der Waals surface area contributed by atoms with Crippen LogP contribution in [0, 0.1) is 0 Å². The van der Waals surface area contributed by atoms with Crippen LogP contribution in [0.2, 0.25) is 0 Å². The van der Waals surface area contributed by atoms with Crippen LogP contribution < -0.4 is 5.73 Å². The highest BCUT2D eigenvalue weighted by atomic mass is 16.2. The second-order valence-corrected chi connectivity index (χ2v) is 6.46. The number of imide groups is 1. The highest BCUT2D eigenvalue weighted by Crippen LogP contribution is 2.26. The van der Waals surface area contributed by atoms with Crippen LogP contribution in [-0.4, -0.2) is 52.7 Å². The van der Waals surface area contributed by atoms with Crippen molar-refractivity contribution in [2.75, 3.05) is 13.1 Å². The van der Waals surface area contributed by atoms with Crippen molar-refractivity contribution in [2.45, 2.75) is 38.8 Å². The molecule has 1 saturated heterocycles. The molecule has 0 bridgehead atoms. The molecule has 2 heterocycles. The summed E-state index contributed by atoms with van der Waals surface area (Å²) >= 11 is 0. The maximum atomic E-state index is 12.6. The Morgan fingerprint density at radius 1 is 1.13 bits per heavy atom. The SMILES string of the molecule is CC(C)N1C(=O)c2ccc(C(=O)N3CCC(N)CC3)cc2C1=O. The van der Waals surface area contributed by atoms with Crippen molar-refractivity contribution < 1.29 is 14.4 Å². The standard InChI is InChI=1S/C17H21N3O3/c1-10(2)20-16(22)13-4-3-11(9-14(13)17(20)23)15(21)19-7-5-12(18)6-8-19/h3-4,9-10,12H,5-8,18H2,1-2H3. The molecule has 0 saturated carbocycles. The normalized spacial score (nSPS) is 18.8. The number of benzene rings is 1. The van der Waals surface area contributed by atoms with E-state index in [-0.39, 0.29) is 29.8 Å². The van der Waals surface area contributed by atoms with Gasteiger partial charge in [0.15, 0.2) is 0 Å². The number of carbonyl (C=O) groups excluding carboxylic acids is 3. The van der Waals surface area contributed by atoms with Gasteiger partial charge in [-0.3, -0.25) is 19.3 Å². The maximum Gasteiger partial charge on any atom is 0.261 e. The number of likely N-dealkylation sites (tertiary alicyclic amines) is 1. The Labute approximate surface area is 135 Å². The van der Waals surface area contributed by atoms with Crippen molar-refractivity contribution in [1.29, 1.82) is 0 Å². The topological polar surface area (TPSA) is 83.7 Å². The van der Waals surface area contributed by atoms with Gasteiger partial charge in [-0.1, -0.05) is 0 Å². The molecule has 3 amide bonds. The molecule has 0 aliphatic carbocycles. The Bertz CT molecular complexity index is 676. The monoisotopic (exact) mass is 315 g/mol. The van der Waals surface area contributed by atoms with Crippen LogP contribution in [0.25, 0.3) is 0 Å². The van der Waals surface area contributed by atoms with Gasteiger partial charge in [-0.05, 0) is 44.9 Å². The van der Waals surface area contributed by atoms with Crippen LogP contribution in [0.3, 0.4) is 0 Å². The van der Waals surface area contributed by atoms with Gasteiger partial charge in [0, 0.05) is 30.7 Å². The fraction of sp³-hybridized carbons (Fsp3) is 0.471. The third-order valence-electron chi connectivity index (χ3n) is 4.51. The zero-order valence-electron chi connectivity index (χ0n) is 13.4. The van der Waals surface area contributed by atoms with Crippen LogP contribution in [0.4, 0.5) is 0 Å². The smallest absolute Gasteiger partial charge is 0.261 e. The number of piperidine rings is 1. The lowest BCUT2D eigenvalue weighted by Crippen LogP contribution is -2.42. The highest BCUT2D eigenvalue weighted by molar-refractivity contribution is 6.22. The molecule has 2 N–H and O–H groups in total. The molecule has 0 atom stereocenters. The summed E-state index contributed by atoms with van der Waals surface area (Å²) in [6, 6.07) is 4.71. The summed E-state index contributed by atoms with van der Waals surface area (Å²) < 4.78 is 0. The number of carbonyl (C=O) groups is 3. The average molecular weight is 315 g/mol. The van der Waals surface area contributed by atoms with Crippen molar-refractivity contribution in [2.24, 2.45) is 5.73 Å². The second-order valence-electron chi connectivity index (χ2n) is 6.46. The van der Waals surface area contributed by atoms with Crippen molar-refractivity contribution in [1.82, 2.24) is 9.80 Å². The molecule has 1 fully saturated rings. The van der Waals surface area contributed by atoms with E-state index in [0.717, 1.165) is 12.8 Å². The molecule has 0 aromatic heterocycles. The molecule has 0 radical (unpaired) electrons. The molecule has 1 aromatic rings. The van der Waals surface area contributed by atoms with Gasteiger partial charge in [-0.25, -0.2) is 0 Å². The van der Waals surface area contributed by atoms with Gasteiger partial charge in [-0.15, -0.1) is 0 Å². The quantitative estimate of drug-likeness (QED) is 0.833. The number of nitrogens with zero attached hydrogens (tertiary/aromatic N) is 2. The largest absolute Gasteiger partial charge is 0.339 e. The second kappa shape index (κ2) is 5.77. The molecule has 6 nitrogen and oxygen atoms in total. The van der Waals surface area contributed by atoms with Crippen molar-refractivity contribution in [3.05, 3.63) is 34.9 Å². The van der Waals surface area contributed by atoms with Gasteiger partial charge >= 0.3 is 0 Å². The number of fused-ring (bicyclic) bond motifs is 1. The fourth-order valence-corrected chi connectivity index (χ4v) is 3.15. The lowest BCUT2D eigenvalue weighted by atomic mass is 10.0. The van der Waals surface area contributed by atoms with E-state index >= 15 is 0 Å². The first-order valence-electron chi connectivity index (χ1n) is 7.97. The van der Waals surface area contributed by atoms with E-state index in [1.807, 2.05) is 0 Å². The molecular weight excluding hydrogens is 294 g/mol. The number of rotatable bonds is 2. The first kappa shape index (κ1) is 15.7. The Morgan fingerprint density at radius 2 is 1.74 bits per heavy atom. The summed E-state index contributed by atoms with van der Waals surface area (Å²) in [4.78, 5) is 40.2. The van der Waals surface area contributed by atoms with Crippen molar-refractivity contribution in [3.8, 4) is 0 Å². The van der Waals surface area contributed by atoms with Gasteiger partial charge in [0.05, 0.1) is 11.1 Å².